The molecular weight excluding hydrogens is 224 g/mol. The molecule has 0 heterocycles. The van der Waals surface area contributed by atoms with Gasteiger partial charge in [0.15, 0.2) is 5.79 Å². The second-order valence-corrected chi connectivity index (χ2v) is 4.71. The summed E-state index contributed by atoms with van der Waals surface area (Å²) < 4.78 is 11.3. The summed E-state index contributed by atoms with van der Waals surface area (Å²) in [7, 11) is 3.44. The van der Waals surface area contributed by atoms with Gasteiger partial charge in [-0.25, -0.2) is 0 Å². The second kappa shape index (κ2) is 7.55. The van der Waals surface area contributed by atoms with Crippen LogP contribution in [-0.4, -0.2) is 14.2 Å². The van der Waals surface area contributed by atoms with Crippen LogP contribution in [0.4, 0.5) is 0 Å². The van der Waals surface area contributed by atoms with Gasteiger partial charge in [0, 0.05) is 26.2 Å². The van der Waals surface area contributed by atoms with Crippen molar-refractivity contribution >= 4 is 0 Å². The molecular formula is C16H26O2. The van der Waals surface area contributed by atoms with Crippen molar-refractivity contribution in [1.82, 2.24) is 0 Å². The molecule has 2 heteroatoms. The van der Waals surface area contributed by atoms with E-state index in [0.717, 1.165) is 31.2 Å². The molecule has 0 amide bonds. The highest BCUT2D eigenvalue weighted by Gasteiger charge is 2.31. The van der Waals surface area contributed by atoms with Gasteiger partial charge in [0.25, 0.3) is 0 Å². The minimum absolute atomic E-state index is 0.583. The molecule has 0 atom stereocenters. The van der Waals surface area contributed by atoms with E-state index in [-0.39, 0.29) is 0 Å². The minimum atomic E-state index is -0.583. The van der Waals surface area contributed by atoms with Gasteiger partial charge in [0.2, 0.25) is 0 Å². The molecule has 1 aromatic carbocycles. The summed E-state index contributed by atoms with van der Waals surface area (Å²) in [5, 5.41) is 0. The van der Waals surface area contributed by atoms with Gasteiger partial charge in [-0.05, 0) is 18.4 Å². The van der Waals surface area contributed by atoms with Crippen LogP contribution in [0.5, 0.6) is 0 Å². The van der Waals surface area contributed by atoms with Gasteiger partial charge in [-0.1, -0.05) is 51.0 Å². The number of benzene rings is 1. The first-order valence-corrected chi connectivity index (χ1v) is 6.92. The maximum atomic E-state index is 5.65. The van der Waals surface area contributed by atoms with Crippen LogP contribution in [0.1, 0.15) is 50.7 Å². The normalized spacial score (nSPS) is 11.8. The summed E-state index contributed by atoms with van der Waals surface area (Å²) in [5.41, 5.74) is 2.48. The van der Waals surface area contributed by atoms with Crippen LogP contribution in [-0.2, 0) is 21.7 Å². The Hall–Kier alpha value is -0.860. The zero-order valence-corrected chi connectivity index (χ0v) is 12.2. The van der Waals surface area contributed by atoms with E-state index in [1.54, 1.807) is 14.2 Å². The third-order valence-corrected chi connectivity index (χ3v) is 3.45. The molecule has 102 valence electrons. The van der Waals surface area contributed by atoms with Crippen molar-refractivity contribution in [2.24, 2.45) is 0 Å². The Labute approximate surface area is 111 Å². The zero-order chi connectivity index (χ0) is 13.4. The molecule has 0 aliphatic carbocycles. The first-order chi connectivity index (χ1) is 8.72. The fourth-order valence-corrected chi connectivity index (χ4v) is 2.29. The van der Waals surface area contributed by atoms with E-state index >= 15 is 0 Å². The lowest BCUT2D eigenvalue weighted by Crippen LogP contribution is -2.30. The van der Waals surface area contributed by atoms with Crippen LogP contribution in [0.25, 0.3) is 0 Å². The third-order valence-electron chi connectivity index (χ3n) is 3.45. The van der Waals surface area contributed by atoms with Crippen molar-refractivity contribution in [3.8, 4) is 0 Å². The largest absolute Gasteiger partial charge is 0.349 e. The molecule has 0 aliphatic rings. The number of hydrogen-bond donors (Lipinski definition) is 0. The number of rotatable bonds is 8. The van der Waals surface area contributed by atoms with Crippen LogP contribution < -0.4 is 0 Å². The van der Waals surface area contributed by atoms with Crippen molar-refractivity contribution in [3.63, 3.8) is 0 Å². The number of unbranched alkanes of at least 4 members (excludes halogenated alkanes) is 1. The van der Waals surface area contributed by atoms with Gasteiger partial charge in [-0.15, -0.1) is 0 Å². The summed E-state index contributed by atoms with van der Waals surface area (Å²) in [6, 6.07) is 8.62. The van der Waals surface area contributed by atoms with Gasteiger partial charge in [0.05, 0.1) is 0 Å². The number of hydrogen-bond acceptors (Lipinski definition) is 2. The standard InChI is InChI=1S/C16H26O2/c1-5-7-13-16(17-3,18-4)15-11-9-14(8-6-2)10-12-15/h9-12H,5-8,13H2,1-4H3. The van der Waals surface area contributed by atoms with Crippen LogP contribution in [0, 0.1) is 0 Å². The van der Waals surface area contributed by atoms with Gasteiger partial charge in [-0.2, -0.15) is 0 Å². The highest BCUT2D eigenvalue weighted by Crippen LogP contribution is 2.32. The van der Waals surface area contributed by atoms with E-state index in [4.69, 9.17) is 9.47 Å². The zero-order valence-electron chi connectivity index (χ0n) is 12.2. The monoisotopic (exact) mass is 250 g/mol. The summed E-state index contributed by atoms with van der Waals surface area (Å²) >= 11 is 0. The summed E-state index contributed by atoms with van der Waals surface area (Å²) in [6.07, 6.45) is 5.43. The Kier molecular flexibility index (Phi) is 6.37. The lowest BCUT2D eigenvalue weighted by Gasteiger charge is -2.31. The van der Waals surface area contributed by atoms with E-state index < -0.39 is 5.79 Å². The molecule has 0 radical (unpaired) electrons. The highest BCUT2D eigenvalue weighted by atomic mass is 16.7. The molecule has 1 rings (SSSR count). The molecule has 18 heavy (non-hydrogen) atoms. The predicted molar refractivity (Wildman–Crippen MR) is 75.7 cm³/mol. The lowest BCUT2D eigenvalue weighted by atomic mass is 9.97. The van der Waals surface area contributed by atoms with Crippen molar-refractivity contribution in [3.05, 3.63) is 35.4 Å². The molecule has 0 fully saturated rings. The summed E-state index contributed by atoms with van der Waals surface area (Å²) in [4.78, 5) is 0. The fourth-order valence-electron chi connectivity index (χ4n) is 2.29. The van der Waals surface area contributed by atoms with E-state index in [2.05, 4.69) is 38.1 Å². The molecule has 0 aliphatic heterocycles. The van der Waals surface area contributed by atoms with Gasteiger partial charge >= 0.3 is 0 Å². The Morgan fingerprint density at radius 2 is 1.56 bits per heavy atom. The van der Waals surface area contributed by atoms with Crippen LogP contribution >= 0.6 is 0 Å². The topological polar surface area (TPSA) is 18.5 Å². The highest BCUT2D eigenvalue weighted by molar-refractivity contribution is 5.26. The molecule has 2 nitrogen and oxygen atoms in total. The average Bonchev–Trinajstić information content (AvgIpc) is 2.42. The molecule has 0 bridgehead atoms. The fraction of sp³-hybridized carbons (Fsp3) is 0.625. The van der Waals surface area contributed by atoms with Crippen LogP contribution in [0.3, 0.4) is 0 Å². The van der Waals surface area contributed by atoms with E-state index in [1.807, 2.05) is 0 Å². The maximum absolute atomic E-state index is 5.65. The number of methoxy groups -OCH3 is 2. The van der Waals surface area contributed by atoms with Crippen molar-refractivity contribution in [2.45, 2.75) is 51.7 Å². The Morgan fingerprint density at radius 1 is 0.944 bits per heavy atom. The van der Waals surface area contributed by atoms with Crippen molar-refractivity contribution in [2.75, 3.05) is 14.2 Å². The Morgan fingerprint density at radius 3 is 2.00 bits per heavy atom. The van der Waals surface area contributed by atoms with Gasteiger partial charge < -0.3 is 9.47 Å². The molecule has 0 N–H and O–H groups in total. The molecule has 0 spiro atoms. The molecule has 0 saturated heterocycles. The Bertz CT molecular complexity index is 325. The second-order valence-electron chi connectivity index (χ2n) is 4.71. The van der Waals surface area contributed by atoms with Crippen LogP contribution in [0.15, 0.2) is 24.3 Å². The molecule has 1 aromatic rings. The predicted octanol–water partition coefficient (Wildman–Crippen LogP) is 4.27. The molecule has 0 aromatic heterocycles. The lowest BCUT2D eigenvalue weighted by molar-refractivity contribution is -0.220. The number of ether oxygens (including phenoxy) is 2. The van der Waals surface area contributed by atoms with Gasteiger partial charge in [0.1, 0.15) is 0 Å². The third kappa shape index (κ3) is 3.56. The SMILES string of the molecule is CCCCC(OC)(OC)c1ccc(CCC)cc1. The summed E-state index contributed by atoms with van der Waals surface area (Å²) in [5.74, 6) is -0.583. The van der Waals surface area contributed by atoms with E-state index in [9.17, 15) is 0 Å². The van der Waals surface area contributed by atoms with E-state index in [0.29, 0.717) is 0 Å². The minimum Gasteiger partial charge on any atom is -0.349 e. The van der Waals surface area contributed by atoms with Crippen molar-refractivity contribution in [1.29, 1.82) is 0 Å². The van der Waals surface area contributed by atoms with Crippen molar-refractivity contribution < 1.29 is 9.47 Å². The number of aryl methyl sites for hydroxylation is 1. The maximum Gasteiger partial charge on any atom is 0.194 e. The van der Waals surface area contributed by atoms with Crippen LogP contribution in [0.2, 0.25) is 0 Å². The first kappa shape index (κ1) is 15.2. The van der Waals surface area contributed by atoms with Gasteiger partial charge in [-0.3, -0.25) is 0 Å². The average molecular weight is 250 g/mol. The summed E-state index contributed by atoms with van der Waals surface area (Å²) in [6.45, 7) is 4.38. The quantitative estimate of drug-likeness (QED) is 0.641. The first-order valence-electron chi connectivity index (χ1n) is 6.92. The van der Waals surface area contributed by atoms with E-state index in [1.165, 1.54) is 12.0 Å². The Balaban J connectivity index is 2.90. The molecule has 0 unspecified atom stereocenters. The molecule has 0 saturated carbocycles. The smallest absolute Gasteiger partial charge is 0.194 e.